The molecule has 2 aromatic carbocycles. The minimum absolute atomic E-state index is 0.0421. The lowest BCUT2D eigenvalue weighted by molar-refractivity contribution is -0.137. The number of rotatable bonds is 8. The lowest BCUT2D eigenvalue weighted by atomic mass is 10.0. The molecule has 0 unspecified atom stereocenters. The number of alkyl halides is 3. The third-order valence-electron chi connectivity index (χ3n) is 4.98. The van der Waals surface area contributed by atoms with Crippen LogP contribution in [0, 0.1) is 5.92 Å². The van der Waals surface area contributed by atoms with Crippen LogP contribution in [0.3, 0.4) is 0 Å². The van der Waals surface area contributed by atoms with Crippen LogP contribution in [0.2, 0.25) is 0 Å². The summed E-state index contributed by atoms with van der Waals surface area (Å²) in [5.74, 6) is -1.01. The van der Waals surface area contributed by atoms with E-state index < -0.39 is 33.8 Å². The van der Waals surface area contributed by atoms with Gasteiger partial charge in [0.2, 0.25) is 10.0 Å². The van der Waals surface area contributed by atoms with Gasteiger partial charge in [0.15, 0.2) is 0 Å². The van der Waals surface area contributed by atoms with Crippen LogP contribution in [0.15, 0.2) is 53.4 Å². The Morgan fingerprint density at radius 2 is 1.81 bits per heavy atom. The summed E-state index contributed by atoms with van der Waals surface area (Å²) >= 11 is 0. The first-order valence-corrected chi connectivity index (χ1v) is 10.9. The maximum Gasteiger partial charge on any atom is 0.416 e. The molecule has 7 nitrogen and oxygen atoms in total. The molecule has 0 amide bonds. The largest absolute Gasteiger partial charge is 0.489 e. The van der Waals surface area contributed by atoms with E-state index in [1.165, 1.54) is 36.4 Å². The standard InChI is InChI=1S/C20H21F3N2O5S/c21-20(22,23)15-3-5-16(6-4-15)30-18(14-9-10-24-11-14)12-25-31(28,29)17-7-1-13(2-8-17)19(26)27/h1-8,14,18,24-25H,9-12H2,(H,26,27)/t14-,18+/m0/s1. The van der Waals surface area contributed by atoms with Gasteiger partial charge in [0.1, 0.15) is 11.9 Å². The number of benzene rings is 2. The van der Waals surface area contributed by atoms with Crippen LogP contribution >= 0.6 is 0 Å². The Morgan fingerprint density at radius 1 is 1.16 bits per heavy atom. The predicted octanol–water partition coefficient (Wildman–Crippen LogP) is 2.74. The van der Waals surface area contributed by atoms with Gasteiger partial charge in [-0.05, 0) is 61.5 Å². The fraction of sp³-hybridized carbons (Fsp3) is 0.350. The molecule has 0 radical (unpaired) electrons. The van der Waals surface area contributed by atoms with E-state index in [0.717, 1.165) is 25.1 Å². The van der Waals surface area contributed by atoms with Crippen molar-refractivity contribution in [2.24, 2.45) is 5.92 Å². The smallest absolute Gasteiger partial charge is 0.416 e. The highest BCUT2D eigenvalue weighted by Gasteiger charge is 2.31. The Hall–Kier alpha value is -2.63. The number of sulfonamides is 1. The van der Waals surface area contributed by atoms with Gasteiger partial charge < -0.3 is 15.2 Å². The number of carboxylic acids is 1. The fourth-order valence-electron chi connectivity index (χ4n) is 3.25. The van der Waals surface area contributed by atoms with Crippen LogP contribution in [0.25, 0.3) is 0 Å². The second kappa shape index (κ2) is 9.25. The van der Waals surface area contributed by atoms with Gasteiger partial charge in [-0.3, -0.25) is 0 Å². The van der Waals surface area contributed by atoms with E-state index in [1.54, 1.807) is 0 Å². The molecule has 1 aliphatic heterocycles. The summed E-state index contributed by atoms with van der Waals surface area (Å²) in [5.41, 5.74) is -0.844. The number of nitrogens with one attached hydrogen (secondary N) is 2. The molecular weight excluding hydrogens is 437 g/mol. The van der Waals surface area contributed by atoms with Crippen molar-refractivity contribution in [3.8, 4) is 5.75 Å². The van der Waals surface area contributed by atoms with Crippen molar-refractivity contribution in [3.05, 3.63) is 59.7 Å². The quantitative estimate of drug-likeness (QED) is 0.562. The van der Waals surface area contributed by atoms with Gasteiger partial charge in [-0.1, -0.05) is 0 Å². The maximum absolute atomic E-state index is 12.8. The van der Waals surface area contributed by atoms with Crippen LogP contribution in [-0.2, 0) is 16.2 Å². The topological polar surface area (TPSA) is 105 Å². The lowest BCUT2D eigenvalue weighted by Gasteiger charge is -2.25. The minimum atomic E-state index is -4.46. The Kier molecular flexibility index (Phi) is 6.87. The van der Waals surface area contributed by atoms with Gasteiger partial charge in [-0.15, -0.1) is 0 Å². The van der Waals surface area contributed by atoms with Crippen LogP contribution < -0.4 is 14.8 Å². The minimum Gasteiger partial charge on any atom is -0.489 e. The van der Waals surface area contributed by atoms with Crippen molar-refractivity contribution >= 4 is 16.0 Å². The monoisotopic (exact) mass is 458 g/mol. The van der Waals surface area contributed by atoms with Gasteiger partial charge >= 0.3 is 12.1 Å². The molecule has 0 saturated carbocycles. The third-order valence-corrected chi connectivity index (χ3v) is 6.42. The van der Waals surface area contributed by atoms with Gasteiger partial charge in [0, 0.05) is 19.0 Å². The first kappa shape index (κ1) is 23.0. The Labute approximate surface area is 177 Å². The molecule has 31 heavy (non-hydrogen) atoms. The van der Waals surface area contributed by atoms with E-state index in [2.05, 4.69) is 10.0 Å². The summed E-state index contributed by atoms with van der Waals surface area (Å²) in [7, 11) is -3.94. The van der Waals surface area contributed by atoms with Gasteiger partial charge in [-0.2, -0.15) is 13.2 Å². The van der Waals surface area contributed by atoms with Gasteiger partial charge in [0.25, 0.3) is 0 Å². The number of carboxylic acid groups (broad SMARTS) is 1. The summed E-state index contributed by atoms with van der Waals surface area (Å²) in [6.45, 7) is 1.21. The molecule has 0 bridgehead atoms. The summed E-state index contributed by atoms with van der Waals surface area (Å²) in [5, 5.41) is 12.1. The average Bonchev–Trinajstić information content (AvgIpc) is 3.25. The van der Waals surface area contributed by atoms with Crippen LogP contribution in [0.4, 0.5) is 13.2 Å². The highest BCUT2D eigenvalue weighted by Crippen LogP contribution is 2.31. The van der Waals surface area contributed by atoms with Gasteiger partial charge in [0.05, 0.1) is 16.0 Å². The Morgan fingerprint density at radius 3 is 2.32 bits per heavy atom. The number of hydrogen-bond acceptors (Lipinski definition) is 5. The number of aromatic carboxylic acids is 1. The van der Waals surface area contributed by atoms with Crippen molar-refractivity contribution in [1.29, 1.82) is 0 Å². The first-order valence-electron chi connectivity index (χ1n) is 9.44. The van der Waals surface area contributed by atoms with Crippen molar-refractivity contribution < 1.29 is 36.2 Å². The number of halogens is 3. The van der Waals surface area contributed by atoms with Crippen LogP contribution in [0.1, 0.15) is 22.3 Å². The van der Waals surface area contributed by atoms with E-state index in [-0.39, 0.29) is 28.7 Å². The molecule has 1 fully saturated rings. The highest BCUT2D eigenvalue weighted by molar-refractivity contribution is 7.89. The molecule has 2 atom stereocenters. The molecule has 1 aliphatic rings. The van der Waals surface area contributed by atoms with Crippen molar-refractivity contribution in [3.63, 3.8) is 0 Å². The summed E-state index contributed by atoms with van der Waals surface area (Å²) in [4.78, 5) is 10.8. The maximum atomic E-state index is 12.8. The van der Waals surface area contributed by atoms with E-state index in [1.807, 2.05) is 0 Å². The summed E-state index contributed by atoms with van der Waals surface area (Å²) in [6, 6.07) is 8.99. The van der Waals surface area contributed by atoms with E-state index in [9.17, 15) is 26.4 Å². The molecule has 1 saturated heterocycles. The van der Waals surface area contributed by atoms with Crippen molar-refractivity contribution in [1.82, 2.24) is 10.0 Å². The zero-order valence-corrected chi connectivity index (χ0v) is 17.0. The average molecular weight is 458 g/mol. The molecule has 3 N–H and O–H groups in total. The SMILES string of the molecule is O=C(O)c1ccc(S(=O)(=O)NC[C@@H](Oc2ccc(C(F)(F)F)cc2)[C@H]2CCNC2)cc1. The Balaban J connectivity index is 1.71. The number of hydrogen-bond donors (Lipinski definition) is 3. The zero-order valence-electron chi connectivity index (χ0n) is 16.2. The predicted molar refractivity (Wildman–Crippen MR) is 105 cm³/mol. The second-order valence-electron chi connectivity index (χ2n) is 7.11. The number of carbonyl (C=O) groups is 1. The first-order chi connectivity index (χ1) is 14.6. The normalized spacial score (nSPS) is 18.0. The van der Waals surface area contributed by atoms with E-state index >= 15 is 0 Å². The molecule has 168 valence electrons. The molecule has 11 heteroatoms. The zero-order chi connectivity index (χ0) is 22.6. The molecule has 3 rings (SSSR count). The van der Waals surface area contributed by atoms with Crippen LogP contribution in [0.5, 0.6) is 5.75 Å². The third kappa shape index (κ3) is 5.96. The van der Waals surface area contributed by atoms with Crippen LogP contribution in [-0.4, -0.2) is 45.2 Å². The molecule has 0 aromatic heterocycles. The number of ether oxygens (including phenoxy) is 1. The van der Waals surface area contributed by atoms with Crippen molar-refractivity contribution in [2.75, 3.05) is 19.6 Å². The molecule has 0 spiro atoms. The molecule has 1 heterocycles. The van der Waals surface area contributed by atoms with Crippen molar-refractivity contribution in [2.45, 2.75) is 23.6 Å². The Bertz CT molecular complexity index is 1000. The van der Waals surface area contributed by atoms with Gasteiger partial charge in [-0.25, -0.2) is 17.9 Å². The molecule has 2 aromatic rings. The highest BCUT2D eigenvalue weighted by atomic mass is 32.2. The van der Waals surface area contributed by atoms with E-state index in [0.29, 0.717) is 6.54 Å². The second-order valence-corrected chi connectivity index (χ2v) is 8.88. The lowest BCUT2D eigenvalue weighted by Crippen LogP contribution is -2.40. The summed E-state index contributed by atoms with van der Waals surface area (Å²) in [6.07, 6.45) is -4.35. The van der Waals surface area contributed by atoms with E-state index in [4.69, 9.17) is 9.84 Å². The fourth-order valence-corrected chi connectivity index (χ4v) is 4.29. The molecule has 0 aliphatic carbocycles. The summed E-state index contributed by atoms with van der Waals surface area (Å²) < 4.78 is 71.7. The molecular formula is C20H21F3N2O5S.